The van der Waals surface area contributed by atoms with Crippen molar-refractivity contribution in [2.75, 3.05) is 21.3 Å². The average Bonchev–Trinajstić information content (AvgIpc) is 2.87. The average molecular weight is 476 g/mol. The van der Waals surface area contributed by atoms with Crippen LogP contribution in [0.2, 0.25) is 0 Å². The van der Waals surface area contributed by atoms with Gasteiger partial charge >= 0.3 is 5.97 Å². The number of carbonyl (C=O) groups is 2. The number of para-hydroxylation sites is 2. The van der Waals surface area contributed by atoms with E-state index in [9.17, 15) is 14.9 Å². The molecular formula is C25H21N3O5S. The van der Waals surface area contributed by atoms with Gasteiger partial charge in [0.25, 0.3) is 5.91 Å². The summed E-state index contributed by atoms with van der Waals surface area (Å²) in [5.74, 6) is -1.07. The highest BCUT2D eigenvalue weighted by molar-refractivity contribution is 8.11. The predicted molar refractivity (Wildman–Crippen MR) is 127 cm³/mol. The van der Waals surface area contributed by atoms with Gasteiger partial charge < -0.3 is 19.9 Å². The van der Waals surface area contributed by atoms with Gasteiger partial charge in [0.2, 0.25) is 0 Å². The summed E-state index contributed by atoms with van der Waals surface area (Å²) in [6.45, 7) is 0. The summed E-state index contributed by atoms with van der Waals surface area (Å²) in [5, 5.41) is 10.3. The number of amides is 1. The van der Waals surface area contributed by atoms with E-state index in [-0.39, 0.29) is 22.0 Å². The molecule has 0 fully saturated rings. The van der Waals surface area contributed by atoms with Crippen molar-refractivity contribution in [1.29, 1.82) is 5.26 Å². The van der Waals surface area contributed by atoms with Crippen molar-refractivity contribution < 1.29 is 23.8 Å². The standard InChI is InChI=1S/C25H21N3O5S/c1-31-17-10-6-4-8-14(17)19-12-20(29)28-23(27)16(13-26)21(15-9-5-7-11-18(15)32-2)22(24(28)34-19)25(30)33-3/h4-12,21H,27H2,1-3H3. The molecule has 2 aliphatic heterocycles. The van der Waals surface area contributed by atoms with Crippen molar-refractivity contribution in [3.05, 3.63) is 87.7 Å². The van der Waals surface area contributed by atoms with Gasteiger partial charge in [-0.15, -0.1) is 0 Å². The van der Waals surface area contributed by atoms with Gasteiger partial charge in [-0.3, -0.25) is 9.69 Å². The number of fused-ring (bicyclic) bond motifs is 1. The zero-order valence-corrected chi connectivity index (χ0v) is 19.5. The number of ether oxygens (including phenoxy) is 3. The molecule has 1 amide bonds. The molecule has 2 aliphatic rings. The molecular weight excluding hydrogens is 454 g/mol. The van der Waals surface area contributed by atoms with Gasteiger partial charge in [-0.2, -0.15) is 5.26 Å². The van der Waals surface area contributed by atoms with E-state index in [1.165, 1.54) is 37.0 Å². The van der Waals surface area contributed by atoms with Crippen LogP contribution in [0.15, 0.2) is 76.6 Å². The summed E-state index contributed by atoms with van der Waals surface area (Å²) in [7, 11) is 4.29. The summed E-state index contributed by atoms with van der Waals surface area (Å²) < 4.78 is 16.1. The molecule has 2 heterocycles. The molecule has 34 heavy (non-hydrogen) atoms. The van der Waals surface area contributed by atoms with Gasteiger partial charge in [0.1, 0.15) is 22.3 Å². The molecule has 1 atom stereocenters. The van der Waals surface area contributed by atoms with E-state index < -0.39 is 17.8 Å². The number of allylic oxidation sites excluding steroid dienone is 1. The normalized spacial score (nSPS) is 17.6. The molecule has 0 spiro atoms. The van der Waals surface area contributed by atoms with Crippen LogP contribution in [0.25, 0.3) is 4.91 Å². The van der Waals surface area contributed by atoms with Gasteiger partial charge in [-0.05, 0) is 12.1 Å². The van der Waals surface area contributed by atoms with E-state index >= 15 is 0 Å². The molecule has 172 valence electrons. The molecule has 1 unspecified atom stereocenters. The molecule has 0 aliphatic carbocycles. The number of hydrogen-bond acceptors (Lipinski definition) is 8. The van der Waals surface area contributed by atoms with Crippen LogP contribution in [0.4, 0.5) is 0 Å². The lowest BCUT2D eigenvalue weighted by atomic mass is 9.82. The topological polar surface area (TPSA) is 115 Å². The van der Waals surface area contributed by atoms with Crippen LogP contribution in [0.5, 0.6) is 11.5 Å². The van der Waals surface area contributed by atoms with E-state index in [0.29, 0.717) is 27.5 Å². The maximum Gasteiger partial charge on any atom is 0.337 e. The SMILES string of the molecule is COC(=O)C1=C2SC(c3ccccc3OC)=CC(=O)N2C(N)=C(C#N)C1c1ccccc1OC. The van der Waals surface area contributed by atoms with Gasteiger partial charge in [0.05, 0.1) is 44.5 Å². The number of methoxy groups -OCH3 is 3. The fourth-order valence-corrected chi connectivity index (χ4v) is 5.27. The highest BCUT2D eigenvalue weighted by atomic mass is 32.2. The van der Waals surface area contributed by atoms with Crippen LogP contribution in [-0.4, -0.2) is 38.1 Å². The predicted octanol–water partition coefficient (Wildman–Crippen LogP) is 3.50. The fourth-order valence-electron chi connectivity index (χ4n) is 4.03. The minimum atomic E-state index is -0.892. The van der Waals surface area contributed by atoms with Crippen LogP contribution >= 0.6 is 11.8 Å². The number of esters is 1. The summed E-state index contributed by atoms with van der Waals surface area (Å²) >= 11 is 1.18. The lowest BCUT2D eigenvalue weighted by Gasteiger charge is -2.37. The molecule has 8 nitrogen and oxygen atoms in total. The zero-order chi connectivity index (χ0) is 24.4. The van der Waals surface area contributed by atoms with Crippen molar-refractivity contribution in [3.63, 3.8) is 0 Å². The highest BCUT2D eigenvalue weighted by Gasteiger charge is 2.44. The van der Waals surface area contributed by atoms with Crippen LogP contribution in [0.3, 0.4) is 0 Å². The first-order valence-electron chi connectivity index (χ1n) is 10.2. The van der Waals surface area contributed by atoms with Crippen LogP contribution in [0, 0.1) is 11.3 Å². The molecule has 0 aromatic heterocycles. The summed E-state index contributed by atoms with van der Waals surface area (Å²) in [4.78, 5) is 28.2. The number of benzene rings is 2. The first-order chi connectivity index (χ1) is 16.5. The number of rotatable bonds is 5. The Morgan fingerprint density at radius 3 is 2.35 bits per heavy atom. The van der Waals surface area contributed by atoms with Crippen molar-refractivity contribution in [1.82, 2.24) is 4.90 Å². The molecule has 0 bridgehead atoms. The molecule has 4 rings (SSSR count). The van der Waals surface area contributed by atoms with Gasteiger partial charge in [0.15, 0.2) is 0 Å². The van der Waals surface area contributed by atoms with Crippen LogP contribution < -0.4 is 15.2 Å². The number of thioether (sulfide) groups is 1. The van der Waals surface area contributed by atoms with Gasteiger partial charge in [-0.25, -0.2) is 4.79 Å². The fraction of sp³-hybridized carbons (Fsp3) is 0.160. The van der Waals surface area contributed by atoms with Crippen molar-refractivity contribution in [2.45, 2.75) is 5.92 Å². The Morgan fingerprint density at radius 2 is 1.71 bits per heavy atom. The van der Waals surface area contributed by atoms with E-state index in [1.807, 2.05) is 18.2 Å². The lowest BCUT2D eigenvalue weighted by molar-refractivity contribution is -0.136. The Kier molecular flexibility index (Phi) is 6.34. The number of nitriles is 1. The summed E-state index contributed by atoms with van der Waals surface area (Å²) in [5.41, 5.74) is 7.78. The Bertz CT molecular complexity index is 1320. The minimum absolute atomic E-state index is 0.0473. The molecule has 0 radical (unpaired) electrons. The number of hydrogen-bond donors (Lipinski definition) is 1. The maximum absolute atomic E-state index is 13.3. The summed E-state index contributed by atoms with van der Waals surface area (Å²) in [6.07, 6.45) is 1.41. The Morgan fingerprint density at radius 1 is 1.06 bits per heavy atom. The molecule has 0 saturated heterocycles. The lowest BCUT2D eigenvalue weighted by Crippen LogP contribution is -2.40. The number of nitrogens with two attached hydrogens (primary N) is 1. The number of nitrogens with zero attached hydrogens (tertiary/aromatic N) is 2. The molecule has 9 heteroatoms. The molecule has 0 saturated carbocycles. The van der Waals surface area contributed by atoms with Crippen LogP contribution in [-0.2, 0) is 14.3 Å². The second-order valence-corrected chi connectivity index (χ2v) is 8.31. The monoisotopic (exact) mass is 475 g/mol. The zero-order valence-electron chi connectivity index (χ0n) is 18.7. The second kappa shape index (κ2) is 9.37. The Hall–Kier alpha value is -4.16. The Balaban J connectivity index is 2.00. The quantitative estimate of drug-likeness (QED) is 0.654. The first-order valence-corrected chi connectivity index (χ1v) is 11.0. The van der Waals surface area contributed by atoms with E-state index in [4.69, 9.17) is 19.9 Å². The van der Waals surface area contributed by atoms with E-state index in [1.54, 1.807) is 37.4 Å². The third kappa shape index (κ3) is 3.68. The third-order valence-electron chi connectivity index (χ3n) is 5.56. The largest absolute Gasteiger partial charge is 0.496 e. The highest BCUT2D eigenvalue weighted by Crippen LogP contribution is 2.52. The van der Waals surface area contributed by atoms with Crippen LogP contribution in [0.1, 0.15) is 17.0 Å². The third-order valence-corrected chi connectivity index (χ3v) is 6.71. The van der Waals surface area contributed by atoms with Crippen molar-refractivity contribution >= 4 is 28.5 Å². The summed E-state index contributed by atoms with van der Waals surface area (Å²) in [6, 6.07) is 16.4. The van der Waals surface area contributed by atoms with Crippen molar-refractivity contribution in [2.24, 2.45) is 5.73 Å². The minimum Gasteiger partial charge on any atom is -0.496 e. The smallest absolute Gasteiger partial charge is 0.337 e. The second-order valence-electron chi connectivity index (χ2n) is 7.28. The molecule has 2 aromatic carbocycles. The van der Waals surface area contributed by atoms with Gasteiger partial charge in [-0.1, -0.05) is 48.2 Å². The van der Waals surface area contributed by atoms with E-state index in [0.717, 1.165) is 0 Å². The maximum atomic E-state index is 13.3. The molecule has 2 aromatic rings. The van der Waals surface area contributed by atoms with Crippen molar-refractivity contribution in [3.8, 4) is 17.6 Å². The number of carbonyl (C=O) groups excluding carboxylic acids is 2. The Labute approximate surface area is 200 Å². The van der Waals surface area contributed by atoms with Gasteiger partial charge in [0, 0.05) is 22.1 Å². The molecule has 2 N–H and O–H groups in total. The first kappa shape index (κ1) is 23.0. The van der Waals surface area contributed by atoms with E-state index in [2.05, 4.69) is 6.07 Å².